The van der Waals surface area contributed by atoms with Crippen molar-refractivity contribution in [2.24, 2.45) is 0 Å². The van der Waals surface area contributed by atoms with Crippen LogP contribution in [0.1, 0.15) is 32.6 Å². The molecule has 3 rings (SSSR count). The molecule has 2 aromatic carbocycles. The fourth-order valence-electron chi connectivity index (χ4n) is 3.75. The standard InChI is InChI=1S/C24H28N6O5S/c1-14-10-15(2)21(16(3)11-14)36(34,35)30-19(23(32)33)13-28-22(31)18-6-4-17(5-7-18)12-27-20-8-9-26-24(25)29-20/h4-11,19,30H,12-13H2,1-3H3,(H,28,31)(H,32,33)(H3,25,26,27,29)/t19-/m0/s1. The van der Waals surface area contributed by atoms with Crippen molar-refractivity contribution in [2.45, 2.75) is 38.3 Å². The number of benzene rings is 2. The van der Waals surface area contributed by atoms with Crippen molar-refractivity contribution in [3.05, 3.63) is 76.5 Å². The average molecular weight is 513 g/mol. The van der Waals surface area contributed by atoms with Crippen LogP contribution in [0.15, 0.2) is 53.6 Å². The molecule has 0 saturated heterocycles. The summed E-state index contributed by atoms with van der Waals surface area (Å²) in [7, 11) is -4.14. The normalized spacial score (nSPS) is 12.1. The van der Waals surface area contributed by atoms with Crippen molar-refractivity contribution in [3.63, 3.8) is 0 Å². The predicted octanol–water partition coefficient (Wildman–Crippen LogP) is 1.76. The maximum absolute atomic E-state index is 12.9. The topological polar surface area (TPSA) is 176 Å². The molecule has 0 fully saturated rings. The highest BCUT2D eigenvalue weighted by Gasteiger charge is 2.28. The van der Waals surface area contributed by atoms with E-state index in [-0.39, 0.29) is 10.8 Å². The van der Waals surface area contributed by atoms with Gasteiger partial charge in [-0.2, -0.15) is 9.71 Å². The maximum atomic E-state index is 12.9. The smallest absolute Gasteiger partial charge is 0.323 e. The third kappa shape index (κ3) is 6.77. The first-order valence-corrected chi connectivity index (χ1v) is 12.5. The highest BCUT2D eigenvalue weighted by atomic mass is 32.2. The molecule has 3 aromatic rings. The first-order valence-electron chi connectivity index (χ1n) is 11.0. The zero-order valence-corrected chi connectivity index (χ0v) is 20.9. The number of hydrogen-bond donors (Lipinski definition) is 5. The van der Waals surface area contributed by atoms with Gasteiger partial charge in [0.25, 0.3) is 5.91 Å². The largest absolute Gasteiger partial charge is 0.480 e. The monoisotopic (exact) mass is 512 g/mol. The number of carboxylic acids is 1. The summed E-state index contributed by atoms with van der Waals surface area (Å²) in [5.41, 5.74) is 8.61. The van der Waals surface area contributed by atoms with E-state index in [9.17, 15) is 23.1 Å². The minimum absolute atomic E-state index is 0.0273. The minimum atomic E-state index is -4.14. The average Bonchev–Trinajstić information content (AvgIpc) is 2.79. The molecule has 11 nitrogen and oxygen atoms in total. The lowest BCUT2D eigenvalue weighted by Gasteiger charge is -2.18. The Balaban J connectivity index is 1.62. The third-order valence-corrected chi connectivity index (χ3v) is 7.08. The Kier molecular flexibility index (Phi) is 8.22. The van der Waals surface area contributed by atoms with Crippen LogP contribution in [0.25, 0.3) is 0 Å². The summed E-state index contributed by atoms with van der Waals surface area (Å²) < 4.78 is 28.0. The van der Waals surface area contributed by atoms with Crippen molar-refractivity contribution in [1.29, 1.82) is 0 Å². The van der Waals surface area contributed by atoms with Gasteiger partial charge in [0, 0.05) is 24.8 Å². The van der Waals surface area contributed by atoms with E-state index in [2.05, 4.69) is 25.3 Å². The van der Waals surface area contributed by atoms with E-state index in [1.807, 2.05) is 6.92 Å². The molecular formula is C24H28N6O5S. The first kappa shape index (κ1) is 26.6. The Bertz CT molecular complexity index is 1350. The SMILES string of the molecule is Cc1cc(C)c(S(=O)(=O)N[C@@H](CNC(=O)c2ccc(CNc3ccnc(N)n3)cc2)C(=O)O)c(C)c1. The van der Waals surface area contributed by atoms with Crippen LogP contribution < -0.4 is 21.1 Å². The molecule has 12 heteroatoms. The number of nitrogen functional groups attached to an aromatic ring is 1. The lowest BCUT2D eigenvalue weighted by molar-refractivity contribution is -0.138. The van der Waals surface area contributed by atoms with E-state index in [1.165, 1.54) is 6.20 Å². The predicted molar refractivity (Wildman–Crippen MR) is 135 cm³/mol. The summed E-state index contributed by atoms with van der Waals surface area (Å²) >= 11 is 0. The second kappa shape index (κ2) is 11.1. The number of aryl methyl sites for hydroxylation is 3. The molecular weight excluding hydrogens is 484 g/mol. The van der Waals surface area contributed by atoms with Crippen LogP contribution in [0, 0.1) is 20.8 Å². The number of anilines is 2. The third-order valence-electron chi connectivity index (χ3n) is 5.30. The van der Waals surface area contributed by atoms with E-state index < -0.39 is 34.5 Å². The molecule has 1 aromatic heterocycles. The van der Waals surface area contributed by atoms with Crippen LogP contribution in [0.2, 0.25) is 0 Å². The molecule has 36 heavy (non-hydrogen) atoms. The van der Waals surface area contributed by atoms with Crippen molar-refractivity contribution < 1.29 is 23.1 Å². The van der Waals surface area contributed by atoms with Crippen LogP contribution >= 0.6 is 0 Å². The van der Waals surface area contributed by atoms with Gasteiger partial charge in [0.05, 0.1) is 4.90 Å². The molecule has 0 spiro atoms. The molecule has 190 valence electrons. The number of rotatable bonds is 10. The quantitative estimate of drug-likeness (QED) is 0.271. The van der Waals surface area contributed by atoms with Gasteiger partial charge in [-0.05, 0) is 55.7 Å². The Morgan fingerprint density at radius 1 is 1.06 bits per heavy atom. The highest BCUT2D eigenvalue weighted by Crippen LogP contribution is 2.22. The van der Waals surface area contributed by atoms with E-state index in [4.69, 9.17) is 5.73 Å². The van der Waals surface area contributed by atoms with E-state index in [1.54, 1.807) is 56.3 Å². The number of carboxylic acid groups (broad SMARTS) is 1. The summed E-state index contributed by atoms with van der Waals surface area (Å²) in [6, 6.07) is 10.2. The number of aliphatic carboxylic acids is 1. The van der Waals surface area contributed by atoms with Crippen molar-refractivity contribution in [3.8, 4) is 0 Å². The summed E-state index contributed by atoms with van der Waals surface area (Å²) in [5, 5.41) is 15.1. The van der Waals surface area contributed by atoms with Crippen molar-refractivity contribution >= 4 is 33.7 Å². The van der Waals surface area contributed by atoms with Gasteiger partial charge in [-0.3, -0.25) is 9.59 Å². The number of nitrogens with zero attached hydrogens (tertiary/aromatic N) is 2. The van der Waals surface area contributed by atoms with Gasteiger partial charge < -0.3 is 21.5 Å². The van der Waals surface area contributed by atoms with Crippen molar-refractivity contribution in [2.75, 3.05) is 17.6 Å². The molecule has 0 bridgehead atoms. The lowest BCUT2D eigenvalue weighted by Crippen LogP contribution is -2.48. The van der Waals surface area contributed by atoms with Crippen LogP contribution in [0.5, 0.6) is 0 Å². The van der Waals surface area contributed by atoms with Crippen LogP contribution in [-0.2, 0) is 21.4 Å². The summed E-state index contributed by atoms with van der Waals surface area (Å²) in [4.78, 5) is 32.2. The van der Waals surface area contributed by atoms with E-state index in [0.717, 1.165) is 11.1 Å². The number of carbonyl (C=O) groups is 2. The summed E-state index contributed by atoms with van der Waals surface area (Å²) in [6.07, 6.45) is 1.53. The molecule has 1 atom stereocenters. The molecule has 0 aliphatic carbocycles. The number of sulfonamides is 1. The van der Waals surface area contributed by atoms with Crippen LogP contribution in [-0.4, -0.2) is 48.0 Å². The van der Waals surface area contributed by atoms with E-state index >= 15 is 0 Å². The zero-order valence-electron chi connectivity index (χ0n) is 20.1. The number of amides is 1. The van der Waals surface area contributed by atoms with Gasteiger partial charge >= 0.3 is 5.97 Å². The van der Waals surface area contributed by atoms with Gasteiger partial charge in [-0.25, -0.2) is 13.4 Å². The molecule has 1 heterocycles. The molecule has 1 amide bonds. The number of carbonyl (C=O) groups excluding carboxylic acids is 1. The van der Waals surface area contributed by atoms with Gasteiger partial charge in [-0.1, -0.05) is 29.8 Å². The Morgan fingerprint density at radius 3 is 2.28 bits per heavy atom. The molecule has 0 unspecified atom stereocenters. The Hall–Kier alpha value is -4.03. The van der Waals surface area contributed by atoms with Gasteiger partial charge in [0.1, 0.15) is 11.9 Å². The van der Waals surface area contributed by atoms with Gasteiger partial charge in [-0.15, -0.1) is 0 Å². The fourth-order valence-corrected chi connectivity index (χ4v) is 5.39. The minimum Gasteiger partial charge on any atom is -0.480 e. The Labute approximate surface area is 209 Å². The summed E-state index contributed by atoms with van der Waals surface area (Å²) in [6.45, 7) is 5.13. The maximum Gasteiger partial charge on any atom is 0.323 e. The molecule has 6 N–H and O–H groups in total. The zero-order chi connectivity index (χ0) is 26.5. The number of aromatic nitrogens is 2. The summed E-state index contributed by atoms with van der Waals surface area (Å²) in [5.74, 6) is -1.24. The Morgan fingerprint density at radius 2 is 1.69 bits per heavy atom. The second-order valence-corrected chi connectivity index (χ2v) is 9.95. The van der Waals surface area contributed by atoms with E-state index in [0.29, 0.717) is 29.1 Å². The van der Waals surface area contributed by atoms with Gasteiger partial charge in [0.2, 0.25) is 16.0 Å². The second-order valence-electron chi connectivity index (χ2n) is 8.30. The number of nitrogens with one attached hydrogen (secondary N) is 3. The highest BCUT2D eigenvalue weighted by molar-refractivity contribution is 7.89. The fraction of sp³-hybridized carbons (Fsp3) is 0.250. The van der Waals surface area contributed by atoms with Crippen LogP contribution in [0.4, 0.5) is 11.8 Å². The van der Waals surface area contributed by atoms with Crippen LogP contribution in [0.3, 0.4) is 0 Å². The van der Waals surface area contributed by atoms with Gasteiger partial charge in [0.15, 0.2) is 0 Å². The molecule has 0 radical (unpaired) electrons. The molecule has 0 aliphatic rings. The number of nitrogens with two attached hydrogens (primary N) is 1. The first-order chi connectivity index (χ1) is 17.0. The lowest BCUT2D eigenvalue weighted by atomic mass is 10.1. The van der Waals surface area contributed by atoms with Crippen molar-refractivity contribution in [1.82, 2.24) is 20.0 Å². The molecule has 0 saturated carbocycles. The molecule has 0 aliphatic heterocycles. The number of hydrogen-bond acceptors (Lipinski definition) is 8.